The van der Waals surface area contributed by atoms with Gasteiger partial charge in [0.25, 0.3) is 5.91 Å². The molecule has 0 saturated carbocycles. The van der Waals surface area contributed by atoms with E-state index in [1.807, 2.05) is 0 Å². The molecule has 1 aromatic heterocycles. The number of nitrogens with zero attached hydrogens (tertiary/aromatic N) is 1. The molecule has 1 amide bonds. The molecule has 0 aliphatic rings. The van der Waals surface area contributed by atoms with Crippen LogP contribution in [0.4, 0.5) is 8.78 Å². The zero-order chi connectivity index (χ0) is 18.1. The molecule has 2 aromatic carbocycles. The number of halogens is 2. The minimum atomic E-state index is -1.52. The zero-order valence-corrected chi connectivity index (χ0v) is 13.2. The molecule has 8 heteroatoms. The Morgan fingerprint density at radius 3 is 2.64 bits per heavy atom. The van der Waals surface area contributed by atoms with Gasteiger partial charge in [0.05, 0.1) is 16.6 Å². The molecule has 0 aliphatic carbocycles. The van der Waals surface area contributed by atoms with Crippen LogP contribution in [0, 0.1) is 11.6 Å². The van der Waals surface area contributed by atoms with E-state index in [-0.39, 0.29) is 17.8 Å². The normalized spacial score (nSPS) is 12.3. The number of amides is 1. The molecule has 0 saturated heterocycles. The summed E-state index contributed by atoms with van der Waals surface area (Å²) in [5.41, 5.74) is 0.565. The summed E-state index contributed by atoms with van der Waals surface area (Å²) in [6, 6.07) is 7.86. The fraction of sp³-hybridized carbons (Fsp3) is 0.176. The van der Waals surface area contributed by atoms with Crippen LogP contribution >= 0.6 is 0 Å². The standard InChI is InChI=1S/C17H15F2N3O3/c1-22-13-6-5-9(7-12(13)21-17(22)25)16(24)20-8-14(23)15-10(18)3-2-4-11(15)19/h2-7,14,23H,8H2,1H3,(H,20,24)(H,21,25). The van der Waals surface area contributed by atoms with E-state index in [2.05, 4.69) is 10.3 Å². The Labute approximate surface area is 140 Å². The molecule has 6 nitrogen and oxygen atoms in total. The largest absolute Gasteiger partial charge is 0.386 e. The fourth-order valence-corrected chi connectivity index (χ4v) is 2.60. The summed E-state index contributed by atoms with van der Waals surface area (Å²) >= 11 is 0. The van der Waals surface area contributed by atoms with Crippen LogP contribution in [0.1, 0.15) is 22.0 Å². The predicted octanol–water partition coefficient (Wildman–Crippen LogP) is 1.61. The van der Waals surface area contributed by atoms with E-state index in [4.69, 9.17) is 0 Å². The first-order valence-electron chi connectivity index (χ1n) is 7.47. The van der Waals surface area contributed by atoms with Gasteiger partial charge in [0.1, 0.15) is 17.7 Å². The van der Waals surface area contributed by atoms with Gasteiger partial charge in [-0.3, -0.25) is 9.36 Å². The van der Waals surface area contributed by atoms with E-state index < -0.39 is 29.2 Å². The van der Waals surface area contributed by atoms with Crippen molar-refractivity contribution in [3.8, 4) is 0 Å². The van der Waals surface area contributed by atoms with Crippen LogP contribution in [0.15, 0.2) is 41.2 Å². The summed E-state index contributed by atoms with van der Waals surface area (Å²) in [5.74, 6) is -2.31. The average Bonchev–Trinajstić information content (AvgIpc) is 2.86. The topological polar surface area (TPSA) is 87.1 Å². The Morgan fingerprint density at radius 2 is 1.96 bits per heavy atom. The minimum absolute atomic E-state index is 0.246. The number of aromatic nitrogens is 2. The van der Waals surface area contributed by atoms with Crippen molar-refractivity contribution >= 4 is 16.9 Å². The molecule has 0 bridgehead atoms. The monoisotopic (exact) mass is 347 g/mol. The molecular formula is C17H15F2N3O3. The Kier molecular flexibility index (Phi) is 4.37. The maximum absolute atomic E-state index is 13.6. The summed E-state index contributed by atoms with van der Waals surface area (Å²) in [4.78, 5) is 26.3. The van der Waals surface area contributed by atoms with Crippen molar-refractivity contribution in [2.24, 2.45) is 7.05 Å². The van der Waals surface area contributed by atoms with Crippen molar-refractivity contribution in [2.45, 2.75) is 6.10 Å². The summed E-state index contributed by atoms with van der Waals surface area (Å²) in [7, 11) is 1.60. The van der Waals surface area contributed by atoms with Gasteiger partial charge in [-0.2, -0.15) is 0 Å². The summed E-state index contributed by atoms with van der Waals surface area (Å²) in [5, 5.41) is 12.4. The molecule has 0 spiro atoms. The molecule has 1 heterocycles. The van der Waals surface area contributed by atoms with Crippen LogP contribution in [-0.4, -0.2) is 27.1 Å². The second-order valence-corrected chi connectivity index (χ2v) is 5.58. The molecule has 0 radical (unpaired) electrons. The number of hydrogen-bond donors (Lipinski definition) is 3. The number of fused-ring (bicyclic) bond motifs is 1. The lowest BCUT2D eigenvalue weighted by atomic mass is 10.1. The smallest absolute Gasteiger partial charge is 0.326 e. The molecule has 3 aromatic rings. The molecule has 3 rings (SSSR count). The number of hydrogen-bond acceptors (Lipinski definition) is 3. The number of rotatable bonds is 4. The van der Waals surface area contributed by atoms with E-state index in [1.54, 1.807) is 13.1 Å². The number of aliphatic hydroxyl groups excluding tert-OH is 1. The van der Waals surface area contributed by atoms with Gasteiger partial charge >= 0.3 is 5.69 Å². The maximum Gasteiger partial charge on any atom is 0.326 e. The number of benzene rings is 2. The van der Waals surface area contributed by atoms with Gasteiger partial charge in [-0.1, -0.05) is 6.07 Å². The number of carbonyl (C=O) groups is 1. The van der Waals surface area contributed by atoms with Gasteiger partial charge in [0.15, 0.2) is 0 Å². The number of H-pyrrole nitrogens is 1. The summed E-state index contributed by atoms with van der Waals surface area (Å²) in [6.07, 6.45) is -1.52. The molecule has 1 unspecified atom stereocenters. The number of aliphatic hydroxyl groups is 1. The van der Waals surface area contributed by atoms with Gasteiger partial charge < -0.3 is 15.4 Å². The van der Waals surface area contributed by atoms with Gasteiger partial charge in [-0.15, -0.1) is 0 Å². The van der Waals surface area contributed by atoms with Crippen LogP contribution in [0.5, 0.6) is 0 Å². The second kappa shape index (κ2) is 6.48. The van der Waals surface area contributed by atoms with Crippen LogP contribution < -0.4 is 11.0 Å². The van der Waals surface area contributed by atoms with Crippen molar-refractivity contribution < 1.29 is 18.7 Å². The Hall–Kier alpha value is -3.00. The lowest BCUT2D eigenvalue weighted by Gasteiger charge is -2.14. The highest BCUT2D eigenvalue weighted by Gasteiger charge is 2.19. The highest BCUT2D eigenvalue weighted by molar-refractivity contribution is 5.97. The van der Waals surface area contributed by atoms with E-state index in [1.165, 1.54) is 22.8 Å². The Bertz CT molecular complexity index is 990. The van der Waals surface area contributed by atoms with Crippen molar-refractivity contribution in [2.75, 3.05) is 6.54 Å². The summed E-state index contributed by atoms with van der Waals surface area (Å²) in [6.45, 7) is -0.361. The maximum atomic E-state index is 13.6. The van der Waals surface area contributed by atoms with Gasteiger partial charge in [-0.25, -0.2) is 13.6 Å². The van der Waals surface area contributed by atoms with Crippen molar-refractivity contribution in [3.63, 3.8) is 0 Å². The van der Waals surface area contributed by atoms with E-state index in [0.29, 0.717) is 11.0 Å². The molecule has 3 N–H and O–H groups in total. The molecule has 0 fully saturated rings. The SMILES string of the molecule is Cn1c(=O)[nH]c2cc(C(=O)NCC(O)c3c(F)cccc3F)ccc21. The zero-order valence-electron chi connectivity index (χ0n) is 13.2. The van der Waals surface area contributed by atoms with Gasteiger partial charge in [0.2, 0.25) is 0 Å². The molecule has 1 atom stereocenters. The fourth-order valence-electron chi connectivity index (χ4n) is 2.60. The number of nitrogens with one attached hydrogen (secondary N) is 2. The lowest BCUT2D eigenvalue weighted by Crippen LogP contribution is -2.29. The quantitative estimate of drug-likeness (QED) is 0.670. The number of aryl methyl sites for hydroxylation is 1. The highest BCUT2D eigenvalue weighted by atomic mass is 19.1. The number of aromatic amines is 1. The van der Waals surface area contributed by atoms with E-state index >= 15 is 0 Å². The average molecular weight is 347 g/mol. The highest BCUT2D eigenvalue weighted by Crippen LogP contribution is 2.20. The van der Waals surface area contributed by atoms with Crippen molar-refractivity contribution in [3.05, 3.63) is 69.6 Å². The van der Waals surface area contributed by atoms with Gasteiger partial charge in [0, 0.05) is 19.2 Å². The molecule has 130 valence electrons. The van der Waals surface area contributed by atoms with E-state index in [0.717, 1.165) is 12.1 Å². The van der Waals surface area contributed by atoms with Crippen LogP contribution in [-0.2, 0) is 7.05 Å². The second-order valence-electron chi connectivity index (χ2n) is 5.58. The first-order chi connectivity index (χ1) is 11.9. The third-order valence-corrected chi connectivity index (χ3v) is 3.96. The molecule has 0 aliphatic heterocycles. The molecule has 25 heavy (non-hydrogen) atoms. The number of carbonyl (C=O) groups excluding carboxylic acids is 1. The first kappa shape index (κ1) is 16.8. The van der Waals surface area contributed by atoms with Crippen LogP contribution in [0.25, 0.3) is 11.0 Å². The van der Waals surface area contributed by atoms with Crippen molar-refractivity contribution in [1.29, 1.82) is 0 Å². The third kappa shape index (κ3) is 3.16. The summed E-state index contributed by atoms with van der Waals surface area (Å²) < 4.78 is 28.6. The Morgan fingerprint density at radius 1 is 1.28 bits per heavy atom. The minimum Gasteiger partial charge on any atom is -0.386 e. The third-order valence-electron chi connectivity index (χ3n) is 3.96. The van der Waals surface area contributed by atoms with Crippen LogP contribution in [0.2, 0.25) is 0 Å². The lowest BCUT2D eigenvalue weighted by molar-refractivity contribution is 0.0911. The van der Waals surface area contributed by atoms with Crippen LogP contribution in [0.3, 0.4) is 0 Å². The predicted molar refractivity (Wildman–Crippen MR) is 87.2 cm³/mol. The first-order valence-corrected chi connectivity index (χ1v) is 7.47. The van der Waals surface area contributed by atoms with Gasteiger partial charge in [-0.05, 0) is 30.3 Å². The van der Waals surface area contributed by atoms with E-state index in [9.17, 15) is 23.5 Å². The molecular weight excluding hydrogens is 332 g/mol. The number of imidazole rings is 1. The Balaban J connectivity index is 1.75. The van der Waals surface area contributed by atoms with Crippen molar-refractivity contribution in [1.82, 2.24) is 14.9 Å².